The number of H-pyrrole nitrogens is 2. The van der Waals surface area contributed by atoms with Crippen LogP contribution in [0.25, 0.3) is 22.3 Å². The Kier molecular flexibility index (Phi) is 24.2. The molecule has 17 N–H and O–H groups in total. The van der Waals surface area contributed by atoms with E-state index in [0.717, 1.165) is 21.8 Å². The molecule has 2 saturated heterocycles. The zero-order valence-corrected chi connectivity index (χ0v) is 56.2. The Morgan fingerprint density at radius 2 is 0.921 bits per heavy atom. The first-order chi connectivity index (χ1) is 40.1. The number of aromatic nitrogens is 8. The van der Waals surface area contributed by atoms with Crippen LogP contribution < -0.4 is 21.8 Å². The first kappa shape index (κ1) is 76.6. The predicted octanol–water partition coefficient (Wildman–Crippen LogP) is 1.06. The molecule has 4 aromatic heterocycles. The molecule has 89 heavy (non-hydrogen) atoms. The van der Waals surface area contributed by atoms with Gasteiger partial charge in [-0.15, -0.1) is 0 Å². The minimum absolute atomic E-state index is 0.249. The van der Waals surface area contributed by atoms with Crippen LogP contribution in [0.5, 0.6) is 0 Å². The molecular formula is C38H68N10O32P8Si. The molecule has 0 bridgehead atoms. The maximum absolute atomic E-state index is 13.1. The fourth-order valence-corrected chi connectivity index (χ4v) is 19.7. The molecule has 6 rings (SSSR count). The summed E-state index contributed by atoms with van der Waals surface area (Å²) in [6.45, 7) is 13.4. The molecule has 2 fully saturated rings. The van der Waals surface area contributed by atoms with Gasteiger partial charge >= 0.3 is 60.8 Å². The van der Waals surface area contributed by atoms with Crippen molar-refractivity contribution in [3.8, 4) is 0 Å². The number of aliphatic hydroxyl groups excluding tert-OH is 1. The average molecular weight is 1450 g/mol. The van der Waals surface area contributed by atoms with E-state index in [1.807, 2.05) is 20.8 Å². The standard InChI is InChI=1S/C22H41N5O16P4Si.C16H27N5O16P4/c1-12(2)18(28)25-21-24-17-14(19(29)26-21)23-9-27(17)20-16(42-47(38,39)11-45(33,34)35)15(43-48(6,7)22(3,4)5)13(41-20)8-40-46(36,37)10-44(30,31)32;1-7(2)13(23)19-16-18-12-9(14(24)20-16)17-4-21(12)15-11(37-41(33,34)6-39(28,29)30)10(22)8(36-15)3-35-40(31,32)5-38(25,26)27/h9,12-13,15-16,20H,8,10-11H2,1-7H3,(H,36,37)(H,38,39)(H2,30,31,32)(H2,33,34,35)(H2,24,25,26,28,29);4,7-8,10-11,15,22H,3,5-6H2,1-2H3,(H,31,32)(H,33,34)(H2,25,26,27)(H2,28,29,30)(H2,18,19,20,23,24). The molecule has 12 unspecified atom stereocenters. The number of aromatic amines is 2. The maximum Gasteiger partial charge on any atom is 0.340 e. The number of nitrogens with one attached hydrogen (secondary N) is 4. The number of anilines is 2. The molecule has 12 atom stereocenters. The van der Waals surface area contributed by atoms with Crippen molar-refractivity contribution in [2.24, 2.45) is 11.8 Å². The van der Waals surface area contributed by atoms with Crippen LogP contribution in [0.2, 0.25) is 18.1 Å². The highest BCUT2D eigenvalue weighted by Crippen LogP contribution is 2.61. The average Bonchev–Trinajstić information content (AvgIpc) is 1.66. The Labute approximate surface area is 502 Å². The third-order valence-electron chi connectivity index (χ3n) is 12.7. The van der Waals surface area contributed by atoms with Gasteiger partial charge in [-0.3, -0.25) is 94.5 Å². The van der Waals surface area contributed by atoms with Crippen molar-refractivity contribution in [3.05, 3.63) is 33.4 Å². The monoisotopic (exact) mass is 1450 g/mol. The van der Waals surface area contributed by atoms with Gasteiger partial charge in [-0.05, 0) is 18.1 Å². The summed E-state index contributed by atoms with van der Waals surface area (Å²) in [6.07, 6.45) is -12.0. The maximum atomic E-state index is 13.1. The molecule has 6 heterocycles. The third-order valence-corrected chi connectivity index (χ3v) is 31.0. The summed E-state index contributed by atoms with van der Waals surface area (Å²) in [7, 11) is -43.6. The van der Waals surface area contributed by atoms with Crippen molar-refractivity contribution < 1.29 is 142 Å². The van der Waals surface area contributed by atoms with Gasteiger partial charge in [0.25, 0.3) is 11.1 Å². The zero-order valence-electron chi connectivity index (χ0n) is 48.0. The molecular weight excluding hydrogens is 1380 g/mol. The summed E-state index contributed by atoms with van der Waals surface area (Å²) in [5.41, 5.74) is -2.86. The van der Waals surface area contributed by atoms with E-state index in [4.69, 9.17) is 47.0 Å². The minimum Gasteiger partial charge on any atom is -0.408 e. The second kappa shape index (κ2) is 28.1. The summed E-state index contributed by atoms with van der Waals surface area (Å²) in [5, 5.41) is 15.0. The lowest BCUT2D eigenvalue weighted by Crippen LogP contribution is -2.50. The van der Waals surface area contributed by atoms with Crippen LogP contribution in [0.1, 0.15) is 60.9 Å². The topological polar surface area (TPSA) is 650 Å². The molecule has 506 valence electrons. The van der Waals surface area contributed by atoms with Crippen LogP contribution in [0.3, 0.4) is 0 Å². The first-order valence-corrected chi connectivity index (χ1v) is 42.6. The van der Waals surface area contributed by atoms with Crippen LogP contribution in [0.15, 0.2) is 22.2 Å². The molecule has 2 aliphatic heterocycles. The van der Waals surface area contributed by atoms with Crippen molar-refractivity contribution in [2.75, 3.05) is 47.5 Å². The molecule has 2 amide bonds. The second-order valence-electron chi connectivity index (χ2n) is 22.2. The van der Waals surface area contributed by atoms with Crippen LogP contribution >= 0.6 is 60.8 Å². The SMILES string of the molecule is CC(C)C(=O)Nc1nc2c(ncn2C2OC(COP(=O)(O)CP(=O)(O)O)C(O)C2OP(=O)(O)CP(=O)(O)O)c(=O)[nH]1.CC(C)C(=O)Nc1nc2c(ncn2C2OC(COP(=O)(O)CP(=O)(O)O)C(O[Si](C)(C)C(C)(C)C)C2OP(=O)(O)CP(=O)(O)O)c(=O)[nH]1. The highest BCUT2D eigenvalue weighted by molar-refractivity contribution is 7.71. The number of aliphatic hydroxyl groups is 1. The van der Waals surface area contributed by atoms with Crippen molar-refractivity contribution in [2.45, 2.75) is 116 Å². The van der Waals surface area contributed by atoms with E-state index in [2.05, 4.69) is 45.1 Å². The van der Waals surface area contributed by atoms with Gasteiger partial charge in [-0.2, -0.15) is 9.97 Å². The van der Waals surface area contributed by atoms with Gasteiger partial charge in [0, 0.05) is 11.8 Å². The second-order valence-corrected chi connectivity index (χ2v) is 42.9. The number of imidazole rings is 2. The molecule has 0 saturated carbocycles. The summed E-state index contributed by atoms with van der Waals surface area (Å²) in [5.74, 6) is -9.12. The number of hydrogen-bond acceptors (Lipinski definition) is 24. The summed E-state index contributed by atoms with van der Waals surface area (Å²) in [6, 6.07) is 0. The zero-order chi connectivity index (χ0) is 68.0. The van der Waals surface area contributed by atoms with Crippen LogP contribution in [-0.2, 0) is 78.1 Å². The molecule has 0 spiro atoms. The van der Waals surface area contributed by atoms with E-state index in [1.165, 1.54) is 0 Å². The van der Waals surface area contributed by atoms with Gasteiger partial charge in [-0.1, -0.05) is 48.5 Å². The summed E-state index contributed by atoms with van der Waals surface area (Å²) < 4.78 is 136. The first-order valence-electron chi connectivity index (χ1n) is 25.4. The smallest absolute Gasteiger partial charge is 0.340 e. The third kappa shape index (κ3) is 22.0. The van der Waals surface area contributed by atoms with E-state index in [9.17, 15) is 100.0 Å². The Balaban J connectivity index is 0.000000328. The number of rotatable bonds is 26. The quantitative estimate of drug-likeness (QED) is 0.0309. The van der Waals surface area contributed by atoms with Crippen LogP contribution in [-0.4, -0.2) is 196 Å². The largest absolute Gasteiger partial charge is 0.408 e. The fraction of sp³-hybridized carbons (Fsp3) is 0.684. The molecule has 0 aromatic carbocycles. The van der Waals surface area contributed by atoms with Crippen molar-refractivity contribution in [1.29, 1.82) is 0 Å². The lowest BCUT2D eigenvalue weighted by atomic mass is 10.1. The normalized spacial score (nSPS) is 24.2. The molecule has 4 aromatic rings. The Bertz CT molecular complexity index is 3790. The number of carbonyl (C=O) groups excluding carboxylic acids is 2. The number of hydrogen-bond donors (Lipinski definition) is 17. The van der Waals surface area contributed by atoms with Crippen molar-refractivity contribution >= 4 is 115 Å². The Morgan fingerprint density at radius 3 is 1.28 bits per heavy atom. The van der Waals surface area contributed by atoms with E-state index in [0.29, 0.717) is 0 Å². The molecule has 51 heteroatoms. The van der Waals surface area contributed by atoms with E-state index >= 15 is 0 Å². The predicted molar refractivity (Wildman–Crippen MR) is 308 cm³/mol. The highest BCUT2D eigenvalue weighted by atomic mass is 31.3. The molecule has 2 aliphatic rings. The minimum atomic E-state index is -5.20. The number of nitrogens with zero attached hydrogens (tertiary/aromatic N) is 6. The van der Waals surface area contributed by atoms with Gasteiger partial charge in [0.2, 0.25) is 23.7 Å². The Morgan fingerprint density at radius 1 is 0.584 bits per heavy atom. The lowest BCUT2D eigenvalue weighted by Gasteiger charge is -2.40. The molecule has 0 aliphatic carbocycles. The molecule has 0 radical (unpaired) electrons. The van der Waals surface area contributed by atoms with Gasteiger partial charge in [-0.25, -0.2) is 9.97 Å². The van der Waals surface area contributed by atoms with Gasteiger partial charge < -0.3 is 86.8 Å². The van der Waals surface area contributed by atoms with E-state index in [1.54, 1.807) is 40.8 Å². The summed E-state index contributed by atoms with van der Waals surface area (Å²) in [4.78, 5) is 185. The van der Waals surface area contributed by atoms with Crippen molar-refractivity contribution in [1.82, 2.24) is 39.0 Å². The number of carbonyl (C=O) groups is 2. The van der Waals surface area contributed by atoms with E-state index in [-0.39, 0.29) is 34.2 Å². The summed E-state index contributed by atoms with van der Waals surface area (Å²) >= 11 is 0. The van der Waals surface area contributed by atoms with Crippen molar-refractivity contribution in [3.63, 3.8) is 0 Å². The Hall–Kier alpha value is -3.10. The lowest BCUT2D eigenvalue weighted by molar-refractivity contribution is -0.119. The number of amides is 2. The fourth-order valence-electron chi connectivity index (χ4n) is 7.74. The highest BCUT2D eigenvalue weighted by Gasteiger charge is 2.56. The number of ether oxygens (including phenoxy) is 2. The van der Waals surface area contributed by atoms with Gasteiger partial charge in [0.1, 0.15) is 36.6 Å². The number of fused-ring (bicyclic) bond motifs is 2. The van der Waals surface area contributed by atoms with Gasteiger partial charge in [0.05, 0.1) is 25.9 Å². The van der Waals surface area contributed by atoms with Crippen LogP contribution in [0.4, 0.5) is 11.9 Å². The van der Waals surface area contributed by atoms with E-state index < -0.39 is 195 Å². The van der Waals surface area contributed by atoms with Crippen LogP contribution in [0, 0.1) is 11.8 Å². The molecule has 42 nitrogen and oxygen atoms in total. The van der Waals surface area contributed by atoms with Gasteiger partial charge in [0.15, 0.2) is 66.7 Å².